The van der Waals surface area contributed by atoms with Crippen molar-refractivity contribution in [1.29, 1.82) is 0 Å². The molecule has 2 aromatic rings. The minimum Gasteiger partial charge on any atom is -0.496 e. The molecule has 1 aliphatic carbocycles. The van der Waals surface area contributed by atoms with Crippen molar-refractivity contribution in [3.63, 3.8) is 0 Å². The average molecular weight is 298 g/mol. The summed E-state index contributed by atoms with van der Waals surface area (Å²) in [6.45, 7) is 0. The predicted molar refractivity (Wildman–Crippen MR) is 86.5 cm³/mol. The highest BCUT2D eigenvalue weighted by atomic mass is 32.2. The molecule has 0 saturated heterocycles. The van der Waals surface area contributed by atoms with Gasteiger partial charge in [0.25, 0.3) is 0 Å². The SMILES string of the molecule is COc1ccccc1SCC(=O)c1ccc2c(c1)CCC2. The van der Waals surface area contributed by atoms with Gasteiger partial charge < -0.3 is 4.74 Å². The standard InChI is InChI=1S/C18H18O2S/c1-20-17-7-2-3-8-18(17)21-12-16(19)15-10-9-13-5-4-6-14(13)11-15/h2-3,7-11H,4-6,12H2,1H3. The lowest BCUT2D eigenvalue weighted by molar-refractivity contribution is 0.102. The molecule has 3 heteroatoms. The molecule has 2 nitrogen and oxygen atoms in total. The van der Waals surface area contributed by atoms with Crippen molar-refractivity contribution < 1.29 is 9.53 Å². The lowest BCUT2D eigenvalue weighted by Gasteiger charge is -2.08. The summed E-state index contributed by atoms with van der Waals surface area (Å²) in [7, 11) is 1.65. The number of rotatable bonds is 5. The zero-order valence-corrected chi connectivity index (χ0v) is 12.9. The number of thioether (sulfide) groups is 1. The topological polar surface area (TPSA) is 26.3 Å². The molecule has 0 fully saturated rings. The molecule has 0 amide bonds. The molecule has 0 N–H and O–H groups in total. The highest BCUT2D eigenvalue weighted by molar-refractivity contribution is 8.00. The van der Waals surface area contributed by atoms with Crippen molar-refractivity contribution in [3.05, 3.63) is 59.2 Å². The molecule has 0 aliphatic heterocycles. The Balaban J connectivity index is 1.69. The first kappa shape index (κ1) is 14.2. The number of benzene rings is 2. The van der Waals surface area contributed by atoms with Gasteiger partial charge in [0.1, 0.15) is 5.75 Å². The van der Waals surface area contributed by atoms with E-state index in [0.29, 0.717) is 5.75 Å². The van der Waals surface area contributed by atoms with Gasteiger partial charge in [0, 0.05) is 10.5 Å². The van der Waals surface area contributed by atoms with Gasteiger partial charge in [-0.1, -0.05) is 24.3 Å². The van der Waals surface area contributed by atoms with Gasteiger partial charge in [-0.05, 0) is 48.6 Å². The molecule has 0 bridgehead atoms. The first-order valence-corrected chi connectivity index (χ1v) is 8.17. The van der Waals surface area contributed by atoms with Crippen LogP contribution < -0.4 is 4.74 Å². The highest BCUT2D eigenvalue weighted by Gasteiger charge is 2.14. The maximum Gasteiger partial charge on any atom is 0.173 e. The smallest absolute Gasteiger partial charge is 0.173 e. The fourth-order valence-electron chi connectivity index (χ4n) is 2.71. The van der Waals surface area contributed by atoms with Gasteiger partial charge in [0.15, 0.2) is 5.78 Å². The van der Waals surface area contributed by atoms with Gasteiger partial charge in [0.05, 0.1) is 12.9 Å². The first-order valence-electron chi connectivity index (χ1n) is 7.19. The number of fused-ring (bicyclic) bond motifs is 1. The number of carbonyl (C=O) groups excluding carboxylic acids is 1. The summed E-state index contributed by atoms with van der Waals surface area (Å²) in [5, 5.41) is 0. The van der Waals surface area contributed by atoms with Gasteiger partial charge in [-0.15, -0.1) is 11.8 Å². The number of hydrogen-bond donors (Lipinski definition) is 0. The largest absolute Gasteiger partial charge is 0.496 e. The molecular formula is C18H18O2S. The Bertz CT molecular complexity index is 664. The monoisotopic (exact) mass is 298 g/mol. The molecule has 0 atom stereocenters. The van der Waals surface area contributed by atoms with Gasteiger partial charge in [-0.2, -0.15) is 0 Å². The Kier molecular flexibility index (Phi) is 4.30. The van der Waals surface area contributed by atoms with Crippen LogP contribution in [0.2, 0.25) is 0 Å². The molecule has 0 saturated carbocycles. The number of ketones is 1. The van der Waals surface area contributed by atoms with Crippen molar-refractivity contribution in [1.82, 2.24) is 0 Å². The minimum absolute atomic E-state index is 0.181. The van der Waals surface area contributed by atoms with E-state index in [2.05, 4.69) is 12.1 Å². The third-order valence-electron chi connectivity index (χ3n) is 3.85. The van der Waals surface area contributed by atoms with E-state index in [-0.39, 0.29) is 5.78 Å². The minimum atomic E-state index is 0.181. The highest BCUT2D eigenvalue weighted by Crippen LogP contribution is 2.29. The van der Waals surface area contributed by atoms with Crippen LogP contribution in [0.4, 0.5) is 0 Å². The summed E-state index contributed by atoms with van der Waals surface area (Å²) >= 11 is 1.53. The van der Waals surface area contributed by atoms with Crippen molar-refractivity contribution in [2.75, 3.05) is 12.9 Å². The number of methoxy groups -OCH3 is 1. The lowest BCUT2D eigenvalue weighted by Crippen LogP contribution is -2.03. The molecule has 0 spiro atoms. The fourth-order valence-corrected chi connectivity index (χ4v) is 3.63. The number of hydrogen-bond acceptors (Lipinski definition) is 3. The van der Waals surface area contributed by atoms with Crippen molar-refractivity contribution in [2.45, 2.75) is 24.2 Å². The summed E-state index contributed by atoms with van der Waals surface area (Å²) in [6.07, 6.45) is 3.47. The van der Waals surface area contributed by atoms with Crippen LogP contribution in [0.1, 0.15) is 27.9 Å². The quantitative estimate of drug-likeness (QED) is 0.612. The zero-order valence-electron chi connectivity index (χ0n) is 12.1. The van der Waals surface area contributed by atoms with E-state index in [4.69, 9.17) is 4.74 Å². The number of aryl methyl sites for hydroxylation is 2. The molecular weight excluding hydrogens is 280 g/mol. The Morgan fingerprint density at radius 2 is 1.95 bits per heavy atom. The van der Waals surface area contributed by atoms with Crippen LogP contribution in [0.3, 0.4) is 0 Å². The zero-order chi connectivity index (χ0) is 14.7. The predicted octanol–water partition coefficient (Wildman–Crippen LogP) is 4.16. The van der Waals surface area contributed by atoms with E-state index in [0.717, 1.165) is 29.1 Å². The Hall–Kier alpha value is -1.74. The van der Waals surface area contributed by atoms with Crippen molar-refractivity contribution >= 4 is 17.5 Å². The number of Topliss-reactive ketones (excluding diaryl/α,β-unsaturated/α-hetero) is 1. The normalized spacial score (nSPS) is 13.0. The molecule has 2 aromatic carbocycles. The van der Waals surface area contributed by atoms with Crippen LogP contribution in [0.25, 0.3) is 0 Å². The molecule has 3 rings (SSSR count). The van der Waals surface area contributed by atoms with Gasteiger partial charge in [-0.3, -0.25) is 4.79 Å². The molecule has 108 valence electrons. The Morgan fingerprint density at radius 1 is 1.14 bits per heavy atom. The third-order valence-corrected chi connectivity index (χ3v) is 4.90. The summed E-state index contributed by atoms with van der Waals surface area (Å²) < 4.78 is 5.31. The second-order valence-corrected chi connectivity index (χ2v) is 6.22. The summed E-state index contributed by atoms with van der Waals surface area (Å²) in [5.41, 5.74) is 3.59. The fraction of sp³-hybridized carbons (Fsp3) is 0.278. The van der Waals surface area contributed by atoms with E-state index in [9.17, 15) is 4.79 Å². The molecule has 21 heavy (non-hydrogen) atoms. The average Bonchev–Trinajstić information content (AvgIpc) is 3.00. The van der Waals surface area contributed by atoms with Crippen LogP contribution in [-0.2, 0) is 12.8 Å². The van der Waals surface area contributed by atoms with E-state index in [1.165, 1.54) is 29.3 Å². The second kappa shape index (κ2) is 6.35. The van der Waals surface area contributed by atoms with Gasteiger partial charge in [-0.25, -0.2) is 0 Å². The summed E-state index contributed by atoms with van der Waals surface area (Å²) in [5.74, 6) is 1.45. The van der Waals surface area contributed by atoms with E-state index in [1.807, 2.05) is 30.3 Å². The number of carbonyl (C=O) groups is 1. The third kappa shape index (κ3) is 3.13. The van der Waals surface area contributed by atoms with Crippen LogP contribution in [0.5, 0.6) is 5.75 Å². The van der Waals surface area contributed by atoms with Gasteiger partial charge in [0.2, 0.25) is 0 Å². The molecule has 1 aliphatic rings. The molecule has 0 aromatic heterocycles. The maximum atomic E-state index is 12.4. The molecule has 0 radical (unpaired) electrons. The lowest BCUT2D eigenvalue weighted by atomic mass is 10.0. The Labute approximate surface area is 129 Å². The van der Waals surface area contributed by atoms with Crippen LogP contribution in [-0.4, -0.2) is 18.6 Å². The second-order valence-electron chi connectivity index (χ2n) is 5.20. The summed E-state index contributed by atoms with van der Waals surface area (Å²) in [4.78, 5) is 13.4. The molecule has 0 heterocycles. The summed E-state index contributed by atoms with van der Waals surface area (Å²) in [6, 6.07) is 14.0. The van der Waals surface area contributed by atoms with Gasteiger partial charge >= 0.3 is 0 Å². The number of para-hydroxylation sites is 1. The van der Waals surface area contributed by atoms with E-state index < -0.39 is 0 Å². The maximum absolute atomic E-state index is 12.4. The van der Waals surface area contributed by atoms with Crippen molar-refractivity contribution in [3.8, 4) is 5.75 Å². The van der Waals surface area contributed by atoms with E-state index in [1.54, 1.807) is 7.11 Å². The first-order chi connectivity index (χ1) is 10.3. The molecule has 0 unspecified atom stereocenters. The Morgan fingerprint density at radius 3 is 2.81 bits per heavy atom. The van der Waals surface area contributed by atoms with Crippen molar-refractivity contribution in [2.24, 2.45) is 0 Å². The van der Waals surface area contributed by atoms with Crippen LogP contribution in [0.15, 0.2) is 47.4 Å². The van der Waals surface area contributed by atoms with Crippen LogP contribution >= 0.6 is 11.8 Å². The van der Waals surface area contributed by atoms with E-state index >= 15 is 0 Å². The number of ether oxygens (including phenoxy) is 1. The van der Waals surface area contributed by atoms with Crippen LogP contribution in [0, 0.1) is 0 Å².